The molecule has 0 aliphatic rings. The van der Waals surface area contributed by atoms with Crippen LogP contribution in [0.4, 0.5) is 0 Å². The normalized spacial score (nSPS) is 10.7. The maximum Gasteiger partial charge on any atom is 0.164 e. The lowest BCUT2D eigenvalue weighted by Gasteiger charge is -2.12. The van der Waals surface area contributed by atoms with E-state index in [2.05, 4.69) is 10.1 Å². The van der Waals surface area contributed by atoms with E-state index < -0.39 is 0 Å². The molecule has 7 heteroatoms. The van der Waals surface area contributed by atoms with Crippen LogP contribution in [0.15, 0.2) is 18.5 Å². The minimum Gasteiger partial charge on any atom is -0.484 e. The highest BCUT2D eigenvalue weighted by atomic mass is 35.5. The summed E-state index contributed by atoms with van der Waals surface area (Å²) in [6.07, 6.45) is 1.44. The number of benzene rings is 1. The lowest BCUT2D eigenvalue weighted by Crippen LogP contribution is -2.06. The van der Waals surface area contributed by atoms with Gasteiger partial charge in [0.2, 0.25) is 0 Å². The van der Waals surface area contributed by atoms with E-state index in [0.717, 1.165) is 0 Å². The molecule has 1 N–H and O–H groups in total. The van der Waals surface area contributed by atoms with E-state index in [1.165, 1.54) is 6.33 Å². The van der Waals surface area contributed by atoms with Crippen LogP contribution in [0.5, 0.6) is 5.75 Å². The van der Waals surface area contributed by atoms with Crippen molar-refractivity contribution in [3.05, 3.63) is 39.9 Å². The molecule has 0 atom stereocenters. The molecule has 0 amide bonds. The van der Waals surface area contributed by atoms with Crippen LogP contribution in [0.3, 0.4) is 0 Å². The van der Waals surface area contributed by atoms with Gasteiger partial charge in [0.05, 0.1) is 11.6 Å². The van der Waals surface area contributed by atoms with E-state index in [9.17, 15) is 5.11 Å². The van der Waals surface area contributed by atoms with Crippen LogP contribution in [0.25, 0.3) is 0 Å². The van der Waals surface area contributed by atoms with Crippen molar-refractivity contribution in [2.24, 2.45) is 7.05 Å². The Hall–Kier alpha value is -1.30. The Bertz CT molecular complexity index is 557. The van der Waals surface area contributed by atoms with E-state index in [4.69, 9.17) is 27.9 Å². The molecule has 18 heavy (non-hydrogen) atoms. The van der Waals surface area contributed by atoms with E-state index >= 15 is 0 Å². The van der Waals surface area contributed by atoms with Gasteiger partial charge in [0.25, 0.3) is 0 Å². The molecule has 2 aromatic rings. The molecule has 0 saturated carbocycles. The molecule has 96 valence electrons. The van der Waals surface area contributed by atoms with E-state index in [0.29, 0.717) is 27.2 Å². The molecular weight excluding hydrogens is 277 g/mol. The van der Waals surface area contributed by atoms with Gasteiger partial charge in [-0.05, 0) is 12.1 Å². The van der Waals surface area contributed by atoms with Gasteiger partial charge in [-0.2, -0.15) is 5.10 Å². The van der Waals surface area contributed by atoms with E-state index in [1.807, 2.05) is 0 Å². The second-order valence-corrected chi connectivity index (χ2v) is 4.47. The Morgan fingerprint density at radius 1 is 1.39 bits per heavy atom. The highest BCUT2D eigenvalue weighted by Gasteiger charge is 2.11. The highest BCUT2D eigenvalue weighted by molar-refractivity contribution is 6.35. The van der Waals surface area contributed by atoms with Crippen LogP contribution in [0, 0.1) is 0 Å². The molecule has 1 aromatic carbocycles. The number of aryl methyl sites for hydroxylation is 1. The second-order valence-electron chi connectivity index (χ2n) is 3.62. The van der Waals surface area contributed by atoms with Gasteiger partial charge in [-0.1, -0.05) is 23.2 Å². The number of hydrogen-bond acceptors (Lipinski definition) is 4. The van der Waals surface area contributed by atoms with Crippen molar-refractivity contribution in [2.45, 2.75) is 13.2 Å². The van der Waals surface area contributed by atoms with Gasteiger partial charge < -0.3 is 9.84 Å². The topological polar surface area (TPSA) is 60.2 Å². The standard InChI is InChI=1S/C11H11Cl2N3O2/c1-16-10(14-6-15-16)5-18-11-7(4-17)2-8(12)3-9(11)13/h2-3,6,17H,4-5H2,1H3. The minimum atomic E-state index is -0.200. The third-order valence-corrected chi connectivity index (χ3v) is 2.91. The zero-order chi connectivity index (χ0) is 13.1. The second kappa shape index (κ2) is 5.56. The first-order valence-corrected chi connectivity index (χ1v) is 5.92. The Morgan fingerprint density at radius 3 is 2.78 bits per heavy atom. The third kappa shape index (κ3) is 2.75. The van der Waals surface area contributed by atoms with Gasteiger partial charge in [0.15, 0.2) is 5.82 Å². The number of aliphatic hydroxyl groups is 1. The molecule has 0 aliphatic carbocycles. The zero-order valence-electron chi connectivity index (χ0n) is 9.60. The Kier molecular flexibility index (Phi) is 4.06. The van der Waals surface area contributed by atoms with E-state index in [-0.39, 0.29) is 13.2 Å². The minimum absolute atomic E-state index is 0.200. The van der Waals surface area contributed by atoms with Crippen molar-refractivity contribution >= 4 is 23.2 Å². The van der Waals surface area contributed by atoms with Gasteiger partial charge in [0.1, 0.15) is 18.7 Å². The van der Waals surface area contributed by atoms with Crippen molar-refractivity contribution in [2.75, 3.05) is 0 Å². The molecular formula is C11H11Cl2N3O2. The quantitative estimate of drug-likeness (QED) is 0.937. The first kappa shape index (κ1) is 13.1. The highest BCUT2D eigenvalue weighted by Crippen LogP contribution is 2.32. The Morgan fingerprint density at radius 2 is 2.17 bits per heavy atom. The first-order chi connectivity index (χ1) is 8.61. The van der Waals surface area contributed by atoms with Crippen LogP contribution in [0.1, 0.15) is 11.4 Å². The number of aliphatic hydroxyl groups excluding tert-OH is 1. The molecule has 5 nitrogen and oxygen atoms in total. The summed E-state index contributed by atoms with van der Waals surface area (Å²) in [5.74, 6) is 1.07. The monoisotopic (exact) mass is 287 g/mol. The predicted octanol–water partition coefficient (Wildman–Crippen LogP) is 2.19. The Labute approximate surface area is 114 Å². The van der Waals surface area contributed by atoms with Crippen LogP contribution in [-0.4, -0.2) is 19.9 Å². The number of ether oxygens (including phenoxy) is 1. The number of rotatable bonds is 4. The van der Waals surface area contributed by atoms with Crippen molar-refractivity contribution in [3.63, 3.8) is 0 Å². The summed E-state index contributed by atoms with van der Waals surface area (Å²) in [7, 11) is 1.77. The maximum atomic E-state index is 9.25. The molecule has 2 rings (SSSR count). The van der Waals surface area contributed by atoms with Crippen molar-refractivity contribution in [1.29, 1.82) is 0 Å². The molecule has 0 bridgehead atoms. The fraction of sp³-hybridized carbons (Fsp3) is 0.273. The molecule has 0 spiro atoms. The molecule has 1 heterocycles. The molecule has 0 saturated heterocycles. The lowest BCUT2D eigenvalue weighted by atomic mass is 10.2. The van der Waals surface area contributed by atoms with Crippen LogP contribution in [-0.2, 0) is 20.3 Å². The SMILES string of the molecule is Cn1ncnc1COc1c(Cl)cc(Cl)cc1CO. The summed E-state index contributed by atoms with van der Waals surface area (Å²) in [5.41, 5.74) is 0.537. The van der Waals surface area contributed by atoms with E-state index in [1.54, 1.807) is 23.9 Å². The fourth-order valence-corrected chi connectivity index (χ4v) is 2.07. The number of nitrogens with zero attached hydrogens (tertiary/aromatic N) is 3. The average Bonchev–Trinajstić information content (AvgIpc) is 2.73. The molecule has 1 aromatic heterocycles. The Balaban J connectivity index is 2.21. The number of aromatic nitrogens is 3. The van der Waals surface area contributed by atoms with Crippen molar-refractivity contribution in [1.82, 2.24) is 14.8 Å². The van der Waals surface area contributed by atoms with Crippen LogP contribution >= 0.6 is 23.2 Å². The number of halogens is 2. The van der Waals surface area contributed by atoms with Crippen molar-refractivity contribution in [3.8, 4) is 5.75 Å². The predicted molar refractivity (Wildman–Crippen MR) is 67.7 cm³/mol. The summed E-state index contributed by atoms with van der Waals surface area (Å²) in [5, 5.41) is 14.0. The summed E-state index contributed by atoms with van der Waals surface area (Å²) in [4.78, 5) is 4.03. The van der Waals surface area contributed by atoms with Crippen molar-refractivity contribution < 1.29 is 9.84 Å². The molecule has 0 unspecified atom stereocenters. The van der Waals surface area contributed by atoms with Crippen LogP contribution in [0.2, 0.25) is 10.0 Å². The third-order valence-electron chi connectivity index (χ3n) is 2.41. The molecule has 0 radical (unpaired) electrons. The summed E-state index contributed by atoms with van der Waals surface area (Å²) >= 11 is 11.9. The van der Waals surface area contributed by atoms with Gasteiger partial charge >= 0.3 is 0 Å². The first-order valence-electron chi connectivity index (χ1n) is 5.16. The van der Waals surface area contributed by atoms with Gasteiger partial charge in [-0.3, -0.25) is 4.68 Å². The maximum absolute atomic E-state index is 9.25. The smallest absolute Gasteiger partial charge is 0.164 e. The zero-order valence-corrected chi connectivity index (χ0v) is 11.1. The summed E-state index contributed by atoms with van der Waals surface area (Å²) < 4.78 is 7.16. The summed E-state index contributed by atoms with van der Waals surface area (Å²) in [6.45, 7) is 0.0132. The lowest BCUT2D eigenvalue weighted by molar-refractivity contribution is 0.253. The largest absolute Gasteiger partial charge is 0.484 e. The molecule has 0 fully saturated rings. The molecule has 0 aliphatic heterocycles. The van der Waals surface area contributed by atoms with Crippen LogP contribution < -0.4 is 4.74 Å². The fourth-order valence-electron chi connectivity index (χ4n) is 1.48. The van der Waals surface area contributed by atoms with Gasteiger partial charge in [0, 0.05) is 17.6 Å². The summed E-state index contributed by atoms with van der Waals surface area (Å²) in [6, 6.07) is 3.17. The van der Waals surface area contributed by atoms with Gasteiger partial charge in [-0.15, -0.1) is 0 Å². The number of hydrogen-bond donors (Lipinski definition) is 1. The average molecular weight is 288 g/mol. The van der Waals surface area contributed by atoms with Gasteiger partial charge in [-0.25, -0.2) is 4.98 Å².